The fraction of sp³-hybridized carbons (Fsp3) is 0.400. The van der Waals surface area contributed by atoms with Crippen molar-refractivity contribution in [2.24, 2.45) is 5.92 Å². The molecule has 3 atom stereocenters. The number of rotatable bonds is 4. The Kier molecular flexibility index (Phi) is 6.43. The molecule has 0 amide bonds. The first-order valence-electron chi connectivity index (χ1n) is 10.8. The van der Waals surface area contributed by atoms with E-state index in [2.05, 4.69) is 17.9 Å². The van der Waals surface area contributed by atoms with Gasteiger partial charge in [0.25, 0.3) is 0 Å². The van der Waals surface area contributed by atoms with Gasteiger partial charge in [-0.2, -0.15) is 9.57 Å². The monoisotopic (exact) mass is 434 g/mol. The fourth-order valence-electron chi connectivity index (χ4n) is 4.63. The molecular formula is C25H26N2O3S. The summed E-state index contributed by atoms with van der Waals surface area (Å²) < 4.78 is 27.3. The number of hydrogen-bond donors (Lipinski definition) is 1. The highest BCUT2D eigenvalue weighted by Crippen LogP contribution is 2.43. The quantitative estimate of drug-likeness (QED) is 0.745. The summed E-state index contributed by atoms with van der Waals surface area (Å²) in [6.45, 7) is -0.349. The van der Waals surface area contributed by atoms with Crippen molar-refractivity contribution >= 4 is 10.0 Å². The van der Waals surface area contributed by atoms with Crippen molar-refractivity contribution in [2.75, 3.05) is 6.61 Å². The molecule has 2 aromatic rings. The molecule has 0 aromatic heterocycles. The molecule has 1 saturated heterocycles. The molecule has 1 aliphatic heterocycles. The first-order valence-corrected chi connectivity index (χ1v) is 12.2. The van der Waals surface area contributed by atoms with Crippen molar-refractivity contribution in [1.82, 2.24) is 4.31 Å². The summed E-state index contributed by atoms with van der Waals surface area (Å²) >= 11 is 0. The zero-order valence-electron chi connectivity index (χ0n) is 17.3. The van der Waals surface area contributed by atoms with E-state index in [1.165, 1.54) is 44.2 Å². The van der Waals surface area contributed by atoms with E-state index in [1.807, 2.05) is 24.3 Å². The number of aliphatic hydroxyl groups excluding tert-OH is 1. The first kappa shape index (κ1) is 21.6. The highest BCUT2D eigenvalue weighted by Gasteiger charge is 2.55. The van der Waals surface area contributed by atoms with Crippen LogP contribution < -0.4 is 0 Å². The Balaban J connectivity index is 1.54. The van der Waals surface area contributed by atoms with Crippen molar-refractivity contribution < 1.29 is 13.5 Å². The molecule has 5 nitrogen and oxygen atoms in total. The zero-order valence-corrected chi connectivity index (χ0v) is 18.1. The molecule has 1 heterocycles. The lowest BCUT2D eigenvalue weighted by molar-refractivity contribution is 0.0557. The second kappa shape index (κ2) is 9.24. The van der Waals surface area contributed by atoms with Gasteiger partial charge in [-0.1, -0.05) is 61.4 Å². The van der Waals surface area contributed by atoms with Crippen LogP contribution in [0.4, 0.5) is 0 Å². The van der Waals surface area contributed by atoms with Gasteiger partial charge in [-0.05, 0) is 42.7 Å². The first-order chi connectivity index (χ1) is 15.1. The summed E-state index contributed by atoms with van der Waals surface area (Å²) in [5, 5.41) is 19.7. The zero-order chi connectivity index (χ0) is 21.8. The van der Waals surface area contributed by atoms with Crippen molar-refractivity contribution in [2.45, 2.75) is 55.0 Å². The van der Waals surface area contributed by atoms with Crippen LogP contribution in [0, 0.1) is 29.1 Å². The summed E-state index contributed by atoms with van der Waals surface area (Å²) in [5.74, 6) is 6.71. The minimum absolute atomic E-state index is 0.125. The van der Waals surface area contributed by atoms with Gasteiger partial charge in [0.15, 0.2) is 0 Å². The maximum atomic E-state index is 13.1. The number of benzene rings is 2. The van der Waals surface area contributed by atoms with Gasteiger partial charge in [0.1, 0.15) is 6.04 Å². The van der Waals surface area contributed by atoms with Crippen molar-refractivity contribution in [3.8, 4) is 17.9 Å². The highest BCUT2D eigenvalue weighted by atomic mass is 32.2. The van der Waals surface area contributed by atoms with Crippen LogP contribution in [0.2, 0.25) is 0 Å². The summed E-state index contributed by atoms with van der Waals surface area (Å²) in [6, 6.07) is 16.3. The molecule has 2 aromatic carbocycles. The average molecular weight is 435 g/mol. The summed E-state index contributed by atoms with van der Waals surface area (Å²) in [7, 11) is -3.87. The van der Waals surface area contributed by atoms with E-state index < -0.39 is 22.1 Å². The standard InChI is InChI=1S/C25H26N2O3S/c26-17-23-25(24(18-28)27(23)31(29,30)22-9-5-2-6-10-22)21-15-13-20(14-16-21)12-11-19-7-3-1-4-8-19/h2,5-6,9-10,13-16,19,23-25,28H,1,3-4,7-8,18H2/t23-,24+,25+/m0/s1. The highest BCUT2D eigenvalue weighted by molar-refractivity contribution is 7.89. The van der Waals surface area contributed by atoms with E-state index >= 15 is 0 Å². The van der Waals surface area contributed by atoms with E-state index in [1.54, 1.807) is 18.2 Å². The molecule has 0 spiro atoms. The molecule has 160 valence electrons. The number of aliphatic hydroxyl groups is 1. The van der Waals surface area contributed by atoms with Gasteiger partial charge >= 0.3 is 0 Å². The van der Waals surface area contributed by atoms with Gasteiger partial charge in [0.05, 0.1) is 23.6 Å². The Bertz CT molecular complexity index is 1110. The van der Waals surface area contributed by atoms with Crippen LogP contribution in [0.3, 0.4) is 0 Å². The van der Waals surface area contributed by atoms with Gasteiger partial charge in [0.2, 0.25) is 10.0 Å². The molecule has 31 heavy (non-hydrogen) atoms. The van der Waals surface area contributed by atoms with Crippen LogP contribution in [0.15, 0.2) is 59.5 Å². The smallest absolute Gasteiger partial charge is 0.244 e. The lowest BCUT2D eigenvalue weighted by Crippen LogP contribution is -2.64. The number of sulfonamides is 1. The molecule has 0 bridgehead atoms. The Morgan fingerprint density at radius 2 is 1.68 bits per heavy atom. The van der Waals surface area contributed by atoms with Crippen molar-refractivity contribution in [3.63, 3.8) is 0 Å². The molecule has 2 fully saturated rings. The molecule has 6 heteroatoms. The second-order valence-electron chi connectivity index (χ2n) is 8.22. The third kappa shape index (κ3) is 4.25. The van der Waals surface area contributed by atoms with E-state index in [4.69, 9.17) is 0 Å². The van der Waals surface area contributed by atoms with Crippen LogP contribution in [0.1, 0.15) is 49.1 Å². The Morgan fingerprint density at radius 3 is 2.29 bits per heavy atom. The minimum Gasteiger partial charge on any atom is -0.395 e. The van der Waals surface area contributed by atoms with Gasteiger partial charge in [-0.15, -0.1) is 0 Å². The number of nitriles is 1. The van der Waals surface area contributed by atoms with E-state index in [0.29, 0.717) is 5.92 Å². The third-order valence-electron chi connectivity index (χ3n) is 6.32. The summed E-state index contributed by atoms with van der Waals surface area (Å²) in [5.41, 5.74) is 1.75. The van der Waals surface area contributed by atoms with Crippen molar-refractivity contribution in [1.29, 1.82) is 5.26 Å². The second-order valence-corrected chi connectivity index (χ2v) is 10.1. The fourth-order valence-corrected chi connectivity index (χ4v) is 6.41. The van der Waals surface area contributed by atoms with Crippen LogP contribution in [0.5, 0.6) is 0 Å². The molecule has 1 aliphatic carbocycles. The number of nitrogens with zero attached hydrogens (tertiary/aromatic N) is 2. The predicted octanol–water partition coefficient (Wildman–Crippen LogP) is 3.66. The average Bonchev–Trinajstić information content (AvgIpc) is 2.79. The van der Waals surface area contributed by atoms with E-state index in [-0.39, 0.29) is 17.4 Å². The Hall–Kier alpha value is -2.64. The SMILES string of the molecule is N#C[C@H]1[C@@H](c2ccc(C#CC3CCCCC3)cc2)[C@@H](CO)N1S(=O)(=O)c1ccccc1. The molecule has 4 rings (SSSR count). The van der Waals surface area contributed by atoms with Gasteiger partial charge < -0.3 is 5.11 Å². The Morgan fingerprint density at radius 1 is 1.00 bits per heavy atom. The van der Waals surface area contributed by atoms with Gasteiger partial charge in [-0.25, -0.2) is 8.42 Å². The predicted molar refractivity (Wildman–Crippen MR) is 118 cm³/mol. The normalized spacial score (nSPS) is 24.5. The lowest BCUT2D eigenvalue weighted by atomic mass is 9.78. The molecule has 1 N–H and O–H groups in total. The van der Waals surface area contributed by atoms with E-state index in [9.17, 15) is 18.8 Å². The van der Waals surface area contributed by atoms with Crippen LogP contribution in [-0.4, -0.2) is 36.5 Å². The van der Waals surface area contributed by atoms with Crippen LogP contribution >= 0.6 is 0 Å². The molecule has 1 saturated carbocycles. The van der Waals surface area contributed by atoms with E-state index in [0.717, 1.165) is 15.4 Å². The Labute approximate surface area is 184 Å². The van der Waals surface area contributed by atoms with Crippen LogP contribution in [-0.2, 0) is 10.0 Å². The van der Waals surface area contributed by atoms with Gasteiger partial charge in [0, 0.05) is 17.4 Å². The van der Waals surface area contributed by atoms with Gasteiger partial charge in [-0.3, -0.25) is 0 Å². The topological polar surface area (TPSA) is 81.4 Å². The third-order valence-corrected chi connectivity index (χ3v) is 8.24. The minimum atomic E-state index is -3.87. The van der Waals surface area contributed by atoms with Crippen molar-refractivity contribution in [3.05, 3.63) is 65.7 Å². The molecule has 0 radical (unpaired) electrons. The summed E-state index contributed by atoms with van der Waals surface area (Å²) in [6.07, 6.45) is 6.14. The number of hydrogen-bond acceptors (Lipinski definition) is 4. The molecular weight excluding hydrogens is 408 g/mol. The maximum absolute atomic E-state index is 13.1. The lowest BCUT2D eigenvalue weighted by Gasteiger charge is -2.50. The molecule has 0 unspecified atom stereocenters. The maximum Gasteiger partial charge on any atom is 0.244 e. The molecule has 2 aliphatic rings. The van der Waals surface area contributed by atoms with Crippen LogP contribution in [0.25, 0.3) is 0 Å². The largest absolute Gasteiger partial charge is 0.395 e. The summed E-state index contributed by atoms with van der Waals surface area (Å²) in [4.78, 5) is 0.125.